The van der Waals surface area contributed by atoms with Gasteiger partial charge in [0.25, 0.3) is 5.56 Å². The second-order valence-corrected chi connectivity index (χ2v) is 5.48. The molecule has 0 unspecified atom stereocenters. The van der Waals surface area contributed by atoms with Gasteiger partial charge in [-0.1, -0.05) is 18.2 Å². The minimum Gasteiger partial charge on any atom is -0.481 e. The summed E-state index contributed by atoms with van der Waals surface area (Å²) in [6.45, 7) is 0.0706. The highest BCUT2D eigenvalue weighted by molar-refractivity contribution is 5.70. The van der Waals surface area contributed by atoms with Gasteiger partial charge in [-0.3, -0.25) is 9.59 Å². The highest BCUT2D eigenvalue weighted by Gasteiger charge is 2.26. The average Bonchev–Trinajstić information content (AvgIpc) is 2.49. The molecule has 22 heavy (non-hydrogen) atoms. The molecular weight excluding hydrogens is 287 g/mol. The minimum atomic E-state index is -0.846. The molecule has 114 valence electrons. The van der Waals surface area contributed by atoms with Crippen molar-refractivity contribution in [1.29, 1.82) is 0 Å². The fourth-order valence-corrected chi connectivity index (χ4v) is 2.74. The lowest BCUT2D eigenvalue weighted by molar-refractivity contribution is -0.142. The second kappa shape index (κ2) is 5.71. The first kappa shape index (κ1) is 14.4. The Labute approximate surface area is 126 Å². The molecule has 1 heterocycles. The first-order valence-corrected chi connectivity index (χ1v) is 7.10. The maximum absolute atomic E-state index is 13.7. The maximum Gasteiger partial charge on any atom is 0.306 e. The molecule has 0 spiro atoms. The third-order valence-electron chi connectivity index (χ3n) is 3.99. The van der Waals surface area contributed by atoms with Gasteiger partial charge in [0, 0.05) is 11.6 Å². The number of nitrogens with zero attached hydrogens (tertiary/aromatic N) is 2. The van der Waals surface area contributed by atoms with Crippen LogP contribution in [0.1, 0.15) is 23.2 Å². The van der Waals surface area contributed by atoms with Gasteiger partial charge in [0.15, 0.2) is 0 Å². The van der Waals surface area contributed by atoms with E-state index >= 15 is 0 Å². The summed E-state index contributed by atoms with van der Waals surface area (Å²) in [6, 6.07) is 7.69. The molecule has 1 aromatic carbocycles. The molecule has 0 fully saturated rings. The van der Waals surface area contributed by atoms with E-state index in [4.69, 9.17) is 5.11 Å². The number of carboxylic acids is 1. The summed E-state index contributed by atoms with van der Waals surface area (Å²) in [5.41, 5.74) is 1.48. The van der Waals surface area contributed by atoms with Crippen molar-refractivity contribution < 1.29 is 14.3 Å². The van der Waals surface area contributed by atoms with Gasteiger partial charge in [-0.05, 0) is 30.9 Å². The number of aromatic nitrogens is 2. The molecule has 5 nitrogen and oxygen atoms in total. The summed E-state index contributed by atoms with van der Waals surface area (Å²) in [5.74, 6) is -1.68. The van der Waals surface area contributed by atoms with E-state index in [2.05, 4.69) is 5.10 Å². The summed E-state index contributed by atoms with van der Waals surface area (Å²) in [5, 5.41) is 13.4. The number of rotatable bonds is 3. The number of hydrogen-bond donors (Lipinski definition) is 1. The van der Waals surface area contributed by atoms with Crippen molar-refractivity contribution in [2.24, 2.45) is 5.92 Å². The summed E-state index contributed by atoms with van der Waals surface area (Å²) in [7, 11) is 0. The van der Waals surface area contributed by atoms with E-state index in [1.807, 2.05) is 0 Å². The number of hydrogen-bond acceptors (Lipinski definition) is 3. The SMILES string of the molecule is O=C(O)[C@H]1CCc2nn(Cc3ccccc3F)c(=O)cc2C1. The van der Waals surface area contributed by atoms with Crippen LogP contribution in [0.4, 0.5) is 4.39 Å². The van der Waals surface area contributed by atoms with Gasteiger partial charge in [-0.25, -0.2) is 9.07 Å². The minimum absolute atomic E-state index is 0.0706. The molecular formula is C16H15FN2O3. The van der Waals surface area contributed by atoms with Gasteiger partial charge in [0.1, 0.15) is 5.82 Å². The van der Waals surface area contributed by atoms with Gasteiger partial charge in [-0.2, -0.15) is 5.10 Å². The molecule has 1 aromatic heterocycles. The van der Waals surface area contributed by atoms with E-state index in [9.17, 15) is 14.0 Å². The first-order chi connectivity index (χ1) is 10.5. The zero-order valence-electron chi connectivity index (χ0n) is 11.8. The predicted octanol–water partition coefficient (Wildman–Crippen LogP) is 1.62. The number of aliphatic carboxylic acids is 1. The van der Waals surface area contributed by atoms with Gasteiger partial charge < -0.3 is 5.11 Å². The van der Waals surface area contributed by atoms with E-state index in [1.165, 1.54) is 16.8 Å². The first-order valence-electron chi connectivity index (χ1n) is 7.10. The van der Waals surface area contributed by atoms with Crippen molar-refractivity contribution in [3.63, 3.8) is 0 Å². The molecule has 1 aliphatic rings. The van der Waals surface area contributed by atoms with Crippen LogP contribution in [0.2, 0.25) is 0 Å². The zero-order chi connectivity index (χ0) is 15.7. The Morgan fingerprint density at radius 1 is 1.41 bits per heavy atom. The maximum atomic E-state index is 13.7. The Morgan fingerprint density at radius 2 is 2.18 bits per heavy atom. The molecule has 0 amide bonds. The quantitative estimate of drug-likeness (QED) is 0.935. The largest absolute Gasteiger partial charge is 0.481 e. The van der Waals surface area contributed by atoms with Crippen LogP contribution >= 0.6 is 0 Å². The van der Waals surface area contributed by atoms with E-state index in [0.717, 1.165) is 5.69 Å². The van der Waals surface area contributed by atoms with Gasteiger partial charge in [0.2, 0.25) is 0 Å². The lowest BCUT2D eigenvalue weighted by atomic mass is 9.87. The molecule has 0 saturated carbocycles. The number of halogens is 1. The van der Waals surface area contributed by atoms with Crippen molar-refractivity contribution in [3.05, 3.63) is 63.3 Å². The van der Waals surface area contributed by atoms with Gasteiger partial charge in [0.05, 0.1) is 18.2 Å². The van der Waals surface area contributed by atoms with Crippen molar-refractivity contribution in [2.45, 2.75) is 25.8 Å². The Morgan fingerprint density at radius 3 is 2.91 bits per heavy atom. The van der Waals surface area contributed by atoms with Crippen molar-refractivity contribution in [3.8, 4) is 0 Å². The Hall–Kier alpha value is -2.50. The number of carboxylic acid groups (broad SMARTS) is 1. The normalized spacial score (nSPS) is 17.0. The summed E-state index contributed by atoms with van der Waals surface area (Å²) >= 11 is 0. The lowest BCUT2D eigenvalue weighted by Gasteiger charge is -2.21. The molecule has 0 radical (unpaired) electrons. The highest BCUT2D eigenvalue weighted by atomic mass is 19.1. The number of aryl methyl sites for hydroxylation is 1. The van der Waals surface area contributed by atoms with E-state index in [0.29, 0.717) is 30.4 Å². The highest BCUT2D eigenvalue weighted by Crippen LogP contribution is 2.23. The molecule has 0 saturated heterocycles. The summed E-state index contributed by atoms with van der Waals surface area (Å²) in [6.07, 6.45) is 1.35. The molecule has 3 rings (SSSR count). The molecule has 2 aromatic rings. The number of benzene rings is 1. The van der Waals surface area contributed by atoms with E-state index in [-0.39, 0.29) is 17.9 Å². The Balaban J connectivity index is 1.91. The summed E-state index contributed by atoms with van der Waals surface area (Å²) in [4.78, 5) is 23.2. The van der Waals surface area contributed by atoms with Crippen LogP contribution < -0.4 is 5.56 Å². The van der Waals surface area contributed by atoms with E-state index in [1.54, 1.807) is 18.2 Å². The monoisotopic (exact) mass is 302 g/mol. The third kappa shape index (κ3) is 2.77. The van der Waals surface area contributed by atoms with Gasteiger partial charge >= 0.3 is 5.97 Å². The van der Waals surface area contributed by atoms with Crippen LogP contribution in [0.3, 0.4) is 0 Å². The van der Waals surface area contributed by atoms with Crippen LogP contribution in [0.15, 0.2) is 35.1 Å². The molecule has 1 atom stereocenters. The lowest BCUT2D eigenvalue weighted by Crippen LogP contribution is -2.30. The van der Waals surface area contributed by atoms with Crippen LogP contribution in [-0.4, -0.2) is 20.9 Å². The smallest absolute Gasteiger partial charge is 0.306 e. The van der Waals surface area contributed by atoms with E-state index < -0.39 is 11.9 Å². The standard InChI is InChI=1S/C16H15FN2O3/c17-13-4-2-1-3-11(13)9-19-15(20)8-12-7-10(16(21)22)5-6-14(12)18-19/h1-4,8,10H,5-7,9H2,(H,21,22)/t10-/m0/s1. The Kier molecular flexibility index (Phi) is 3.75. The number of carbonyl (C=O) groups is 1. The van der Waals surface area contributed by atoms with Crippen molar-refractivity contribution in [1.82, 2.24) is 9.78 Å². The molecule has 0 bridgehead atoms. The fourth-order valence-electron chi connectivity index (χ4n) is 2.74. The topological polar surface area (TPSA) is 72.2 Å². The van der Waals surface area contributed by atoms with Crippen LogP contribution in [0, 0.1) is 11.7 Å². The third-order valence-corrected chi connectivity index (χ3v) is 3.99. The Bertz CT molecular complexity index is 785. The van der Waals surface area contributed by atoms with Crippen LogP contribution in [-0.2, 0) is 24.2 Å². The van der Waals surface area contributed by atoms with Crippen molar-refractivity contribution in [2.75, 3.05) is 0 Å². The zero-order valence-corrected chi connectivity index (χ0v) is 11.8. The fraction of sp³-hybridized carbons (Fsp3) is 0.312. The average molecular weight is 302 g/mol. The molecule has 1 N–H and O–H groups in total. The summed E-state index contributed by atoms with van der Waals surface area (Å²) < 4.78 is 14.9. The predicted molar refractivity (Wildman–Crippen MR) is 77.1 cm³/mol. The molecule has 1 aliphatic carbocycles. The van der Waals surface area contributed by atoms with Crippen LogP contribution in [0.5, 0.6) is 0 Å². The molecule has 6 heteroatoms. The van der Waals surface area contributed by atoms with Crippen LogP contribution in [0.25, 0.3) is 0 Å². The van der Waals surface area contributed by atoms with Crippen molar-refractivity contribution >= 4 is 5.97 Å². The molecule has 0 aliphatic heterocycles. The second-order valence-electron chi connectivity index (χ2n) is 5.48. The van der Waals surface area contributed by atoms with Gasteiger partial charge in [-0.15, -0.1) is 0 Å². The number of fused-ring (bicyclic) bond motifs is 1.